The maximum Gasteiger partial charge on any atom is 0.362 e. The molecule has 21 heavy (non-hydrogen) atoms. The standard InChI is InChI=1S/C11H13ClN6O3/c1-3-17-5-4-7(15-17)6-16(2)11(19)9-8(12)10(14-13-9)18(20)21/h4-5H,3,6H2,1-2H3,(H,13,14). The normalized spacial score (nSPS) is 10.6. The van der Waals surface area contributed by atoms with Gasteiger partial charge < -0.3 is 15.0 Å². The van der Waals surface area contributed by atoms with E-state index in [2.05, 4.69) is 15.3 Å². The molecule has 0 bridgehead atoms. The van der Waals surface area contributed by atoms with Gasteiger partial charge in [0, 0.05) is 19.8 Å². The molecule has 0 spiro atoms. The molecule has 1 N–H and O–H groups in total. The first-order chi connectivity index (χ1) is 9.93. The van der Waals surface area contributed by atoms with Crippen LogP contribution in [0.5, 0.6) is 0 Å². The summed E-state index contributed by atoms with van der Waals surface area (Å²) in [5, 5.41) is 20.4. The fraction of sp³-hybridized carbons (Fsp3) is 0.364. The number of hydrogen-bond acceptors (Lipinski definition) is 5. The highest BCUT2D eigenvalue weighted by Gasteiger charge is 2.27. The molecule has 2 aromatic rings. The summed E-state index contributed by atoms with van der Waals surface area (Å²) in [6.07, 6.45) is 1.81. The molecule has 2 rings (SSSR count). The zero-order valence-electron chi connectivity index (χ0n) is 11.4. The first-order valence-electron chi connectivity index (χ1n) is 6.10. The van der Waals surface area contributed by atoms with E-state index in [4.69, 9.17) is 11.6 Å². The minimum Gasteiger partial charge on any atom is -0.358 e. The second kappa shape index (κ2) is 5.92. The molecule has 10 heteroatoms. The van der Waals surface area contributed by atoms with E-state index in [9.17, 15) is 14.9 Å². The molecule has 0 unspecified atom stereocenters. The number of aromatic amines is 1. The van der Waals surface area contributed by atoms with Gasteiger partial charge in [-0.25, -0.2) is 0 Å². The van der Waals surface area contributed by atoms with Gasteiger partial charge in [-0.1, -0.05) is 16.7 Å². The Hall–Kier alpha value is -2.42. The number of nitrogens with zero attached hydrogens (tertiary/aromatic N) is 5. The van der Waals surface area contributed by atoms with Crippen molar-refractivity contribution in [2.24, 2.45) is 0 Å². The molecule has 0 fully saturated rings. The topological polar surface area (TPSA) is 110 Å². The van der Waals surface area contributed by atoms with Crippen molar-refractivity contribution in [1.82, 2.24) is 24.9 Å². The van der Waals surface area contributed by atoms with Crippen molar-refractivity contribution in [3.05, 3.63) is 38.8 Å². The number of nitro groups is 1. The van der Waals surface area contributed by atoms with Crippen LogP contribution < -0.4 is 0 Å². The Labute approximate surface area is 124 Å². The van der Waals surface area contributed by atoms with E-state index >= 15 is 0 Å². The minimum absolute atomic E-state index is 0.180. The number of amides is 1. The summed E-state index contributed by atoms with van der Waals surface area (Å²) in [5.41, 5.74) is 0.523. The molecule has 2 heterocycles. The van der Waals surface area contributed by atoms with E-state index in [-0.39, 0.29) is 17.3 Å². The summed E-state index contributed by atoms with van der Waals surface area (Å²) in [6.45, 7) is 2.94. The number of hydrogen-bond donors (Lipinski definition) is 1. The number of carbonyl (C=O) groups is 1. The van der Waals surface area contributed by atoms with Crippen molar-refractivity contribution < 1.29 is 9.72 Å². The highest BCUT2D eigenvalue weighted by Crippen LogP contribution is 2.25. The number of halogens is 1. The number of H-pyrrole nitrogens is 1. The van der Waals surface area contributed by atoms with Crippen molar-refractivity contribution >= 4 is 23.3 Å². The zero-order valence-corrected chi connectivity index (χ0v) is 12.2. The van der Waals surface area contributed by atoms with Crippen LogP contribution in [0, 0.1) is 10.1 Å². The van der Waals surface area contributed by atoms with Crippen LogP contribution in [0.4, 0.5) is 5.82 Å². The molecule has 1 amide bonds. The Balaban J connectivity index is 2.14. The van der Waals surface area contributed by atoms with Gasteiger partial charge in [0.1, 0.15) is 0 Å². The fourth-order valence-electron chi connectivity index (χ4n) is 1.74. The lowest BCUT2D eigenvalue weighted by Gasteiger charge is -2.13. The molecule has 2 aromatic heterocycles. The van der Waals surface area contributed by atoms with Crippen molar-refractivity contribution in [2.75, 3.05) is 7.05 Å². The lowest BCUT2D eigenvalue weighted by Crippen LogP contribution is -2.27. The van der Waals surface area contributed by atoms with E-state index in [0.717, 1.165) is 6.54 Å². The summed E-state index contributed by atoms with van der Waals surface area (Å²) in [5.74, 6) is -1.01. The van der Waals surface area contributed by atoms with E-state index < -0.39 is 16.6 Å². The zero-order chi connectivity index (χ0) is 15.6. The summed E-state index contributed by atoms with van der Waals surface area (Å²) in [6, 6.07) is 1.79. The number of nitrogens with one attached hydrogen (secondary N) is 1. The second-order valence-electron chi connectivity index (χ2n) is 4.32. The molecule has 0 radical (unpaired) electrons. The Morgan fingerprint density at radius 2 is 2.33 bits per heavy atom. The first kappa shape index (κ1) is 15.0. The van der Waals surface area contributed by atoms with E-state index in [1.807, 2.05) is 6.92 Å². The Bertz CT molecular complexity index is 679. The van der Waals surface area contributed by atoms with Crippen molar-refractivity contribution in [1.29, 1.82) is 0 Å². The smallest absolute Gasteiger partial charge is 0.358 e. The van der Waals surface area contributed by atoms with Crippen molar-refractivity contribution in [3.63, 3.8) is 0 Å². The molecule has 0 aliphatic carbocycles. The molecule has 0 saturated heterocycles. The van der Waals surface area contributed by atoms with Crippen molar-refractivity contribution in [2.45, 2.75) is 20.0 Å². The third-order valence-corrected chi connectivity index (χ3v) is 3.20. The van der Waals surface area contributed by atoms with E-state index in [0.29, 0.717) is 5.69 Å². The summed E-state index contributed by atoms with van der Waals surface area (Å²) in [4.78, 5) is 23.5. The van der Waals surface area contributed by atoms with Gasteiger partial charge in [0.15, 0.2) is 10.7 Å². The molecule has 0 atom stereocenters. The highest BCUT2D eigenvalue weighted by atomic mass is 35.5. The fourth-order valence-corrected chi connectivity index (χ4v) is 1.98. The van der Waals surface area contributed by atoms with Gasteiger partial charge >= 0.3 is 5.82 Å². The molecule has 0 saturated carbocycles. The monoisotopic (exact) mass is 312 g/mol. The SMILES string of the molecule is CCn1ccc(CN(C)C(=O)c2n[nH]c([N+](=O)[O-])c2Cl)n1. The van der Waals surface area contributed by atoms with Gasteiger partial charge in [-0.2, -0.15) is 5.10 Å². The number of aryl methyl sites for hydroxylation is 1. The third-order valence-electron chi connectivity index (χ3n) is 2.84. The van der Waals surface area contributed by atoms with Crippen LogP contribution in [0.25, 0.3) is 0 Å². The third kappa shape index (κ3) is 3.02. The lowest BCUT2D eigenvalue weighted by atomic mass is 10.3. The molecular formula is C11H13ClN6O3. The Morgan fingerprint density at radius 1 is 1.62 bits per heavy atom. The number of aromatic nitrogens is 4. The van der Waals surface area contributed by atoms with Gasteiger partial charge in [-0.15, -0.1) is 5.10 Å². The molecule has 112 valence electrons. The highest BCUT2D eigenvalue weighted by molar-refractivity contribution is 6.35. The van der Waals surface area contributed by atoms with Gasteiger partial charge in [-0.3, -0.25) is 9.48 Å². The number of rotatable bonds is 5. The lowest BCUT2D eigenvalue weighted by molar-refractivity contribution is -0.389. The summed E-state index contributed by atoms with van der Waals surface area (Å²) < 4.78 is 1.74. The van der Waals surface area contributed by atoms with Crippen LogP contribution in [0.15, 0.2) is 12.3 Å². The van der Waals surface area contributed by atoms with Crippen LogP contribution in [-0.2, 0) is 13.1 Å². The van der Waals surface area contributed by atoms with Crippen LogP contribution >= 0.6 is 11.6 Å². The second-order valence-corrected chi connectivity index (χ2v) is 4.69. The predicted octanol–water partition coefficient (Wildman–Crippen LogP) is 1.46. The molecule has 0 aliphatic heterocycles. The summed E-state index contributed by atoms with van der Waals surface area (Å²) >= 11 is 5.79. The summed E-state index contributed by atoms with van der Waals surface area (Å²) in [7, 11) is 1.55. The van der Waals surface area contributed by atoms with Crippen LogP contribution in [0.1, 0.15) is 23.1 Å². The molecular weight excluding hydrogens is 300 g/mol. The van der Waals surface area contributed by atoms with Gasteiger partial charge in [0.05, 0.1) is 12.2 Å². The predicted molar refractivity (Wildman–Crippen MR) is 74.0 cm³/mol. The van der Waals surface area contributed by atoms with Crippen molar-refractivity contribution in [3.8, 4) is 0 Å². The van der Waals surface area contributed by atoms with Gasteiger partial charge in [0.25, 0.3) is 5.91 Å². The first-order valence-corrected chi connectivity index (χ1v) is 6.47. The Kier molecular flexibility index (Phi) is 4.22. The number of carbonyl (C=O) groups excluding carboxylic acids is 1. The Morgan fingerprint density at radius 3 is 2.86 bits per heavy atom. The molecule has 0 aliphatic rings. The quantitative estimate of drug-likeness (QED) is 0.664. The minimum atomic E-state index is -0.727. The van der Waals surface area contributed by atoms with Crippen LogP contribution in [-0.4, -0.2) is 42.8 Å². The maximum absolute atomic E-state index is 12.2. The van der Waals surface area contributed by atoms with Crippen LogP contribution in [0.2, 0.25) is 5.02 Å². The molecule has 0 aromatic carbocycles. The largest absolute Gasteiger partial charge is 0.362 e. The van der Waals surface area contributed by atoms with Crippen LogP contribution in [0.3, 0.4) is 0 Å². The maximum atomic E-state index is 12.2. The van der Waals surface area contributed by atoms with E-state index in [1.54, 1.807) is 24.0 Å². The average Bonchev–Trinajstić information content (AvgIpc) is 3.04. The van der Waals surface area contributed by atoms with E-state index in [1.165, 1.54) is 4.90 Å². The van der Waals surface area contributed by atoms with Gasteiger partial charge in [0.2, 0.25) is 0 Å². The molecule has 9 nitrogen and oxygen atoms in total. The van der Waals surface area contributed by atoms with Gasteiger partial charge in [-0.05, 0) is 17.9 Å². The average molecular weight is 313 g/mol.